The normalized spacial score (nSPS) is 17.8. The topological polar surface area (TPSA) is 93.8 Å². The van der Waals surface area contributed by atoms with Crippen LogP contribution in [0.25, 0.3) is 11.2 Å². The first-order valence-electron chi connectivity index (χ1n) is 8.27. The van der Waals surface area contributed by atoms with Gasteiger partial charge in [0, 0.05) is 39.4 Å². The molecular weight excluding hydrogens is 320 g/mol. The van der Waals surface area contributed by atoms with Crippen LogP contribution in [0.15, 0.2) is 25.2 Å². The average molecular weight is 340 g/mol. The monoisotopic (exact) mass is 340 g/mol. The number of aryl methyl sites for hydroxylation is 2. The summed E-state index contributed by atoms with van der Waals surface area (Å²) in [6.45, 7) is 1.58. The van der Waals surface area contributed by atoms with E-state index in [0.717, 1.165) is 36.4 Å². The van der Waals surface area contributed by atoms with Gasteiger partial charge in [0.25, 0.3) is 5.91 Å². The number of carbonyl (C=O) groups excluding carboxylic acids is 1. The first-order valence-corrected chi connectivity index (χ1v) is 8.27. The van der Waals surface area contributed by atoms with Gasteiger partial charge in [0.1, 0.15) is 12.0 Å². The molecule has 1 aliphatic heterocycles. The van der Waals surface area contributed by atoms with E-state index in [4.69, 9.17) is 0 Å². The molecule has 0 bridgehead atoms. The van der Waals surface area contributed by atoms with E-state index in [1.165, 1.54) is 0 Å². The second-order valence-corrected chi connectivity index (χ2v) is 6.41. The third-order valence-electron chi connectivity index (χ3n) is 4.47. The molecule has 0 saturated carbocycles. The van der Waals surface area contributed by atoms with Crippen molar-refractivity contribution in [2.75, 3.05) is 18.0 Å². The molecule has 0 radical (unpaired) electrons. The highest BCUT2D eigenvalue weighted by molar-refractivity contribution is 5.92. The van der Waals surface area contributed by atoms with Crippen molar-refractivity contribution in [3.63, 3.8) is 0 Å². The van der Waals surface area contributed by atoms with E-state index in [9.17, 15) is 4.79 Å². The quantitative estimate of drug-likeness (QED) is 0.746. The minimum atomic E-state index is -0.141. The van der Waals surface area contributed by atoms with Crippen LogP contribution in [0.3, 0.4) is 0 Å². The number of amides is 1. The number of anilines is 1. The number of hydrogen-bond acceptors (Lipinski definition) is 6. The minimum Gasteiger partial charge on any atom is -0.353 e. The Morgan fingerprint density at radius 1 is 1.20 bits per heavy atom. The van der Waals surface area contributed by atoms with Crippen molar-refractivity contribution in [2.45, 2.75) is 18.9 Å². The molecule has 4 rings (SSSR count). The molecular formula is C16H20N8O. The number of piperidine rings is 1. The maximum absolute atomic E-state index is 12.3. The van der Waals surface area contributed by atoms with Crippen molar-refractivity contribution in [1.29, 1.82) is 0 Å². The highest BCUT2D eigenvalue weighted by Gasteiger charge is 2.25. The molecule has 1 aliphatic rings. The zero-order chi connectivity index (χ0) is 17.4. The summed E-state index contributed by atoms with van der Waals surface area (Å²) in [4.78, 5) is 31.8. The zero-order valence-electron chi connectivity index (χ0n) is 14.3. The zero-order valence-corrected chi connectivity index (χ0v) is 14.3. The van der Waals surface area contributed by atoms with Crippen molar-refractivity contribution in [2.24, 2.45) is 14.1 Å². The lowest BCUT2D eigenvalue weighted by Crippen LogP contribution is -2.48. The summed E-state index contributed by atoms with van der Waals surface area (Å²) in [5.41, 5.74) is 2.04. The molecule has 0 aliphatic carbocycles. The Morgan fingerprint density at radius 2 is 2.08 bits per heavy atom. The van der Waals surface area contributed by atoms with Crippen molar-refractivity contribution in [3.05, 3.63) is 30.9 Å². The average Bonchev–Trinajstić information content (AvgIpc) is 3.21. The van der Waals surface area contributed by atoms with Crippen LogP contribution >= 0.6 is 0 Å². The smallest absolute Gasteiger partial charge is 0.271 e. The summed E-state index contributed by atoms with van der Waals surface area (Å²) in [6.07, 6.45) is 8.57. The van der Waals surface area contributed by atoms with Gasteiger partial charge in [-0.25, -0.2) is 19.9 Å². The molecule has 1 amide bonds. The fourth-order valence-electron chi connectivity index (χ4n) is 3.24. The molecule has 1 fully saturated rings. The van der Waals surface area contributed by atoms with E-state index in [1.807, 2.05) is 18.7 Å². The van der Waals surface area contributed by atoms with Gasteiger partial charge in [-0.1, -0.05) is 0 Å². The lowest BCUT2D eigenvalue weighted by molar-refractivity contribution is 0.0928. The van der Waals surface area contributed by atoms with Crippen LogP contribution in [0.1, 0.15) is 23.3 Å². The van der Waals surface area contributed by atoms with Crippen LogP contribution < -0.4 is 10.2 Å². The number of nitrogens with zero attached hydrogens (tertiary/aromatic N) is 7. The third-order valence-corrected chi connectivity index (χ3v) is 4.47. The number of aromatic nitrogens is 6. The minimum absolute atomic E-state index is 0.0528. The van der Waals surface area contributed by atoms with E-state index in [0.29, 0.717) is 12.2 Å². The van der Waals surface area contributed by atoms with Gasteiger partial charge in [0.2, 0.25) is 0 Å². The van der Waals surface area contributed by atoms with Crippen LogP contribution in [0.5, 0.6) is 0 Å². The second kappa shape index (κ2) is 6.15. The molecule has 3 aromatic heterocycles. The van der Waals surface area contributed by atoms with E-state index in [1.54, 1.807) is 29.7 Å². The molecule has 1 atom stereocenters. The van der Waals surface area contributed by atoms with Gasteiger partial charge in [0.15, 0.2) is 17.0 Å². The number of nitrogens with one attached hydrogen (secondary N) is 1. The second-order valence-electron chi connectivity index (χ2n) is 6.41. The molecule has 3 aromatic rings. The van der Waals surface area contributed by atoms with Crippen molar-refractivity contribution in [3.8, 4) is 0 Å². The predicted molar refractivity (Wildman–Crippen MR) is 92.2 cm³/mol. The lowest BCUT2D eigenvalue weighted by Gasteiger charge is -2.33. The molecule has 9 heteroatoms. The Hall–Kier alpha value is -2.97. The number of rotatable bonds is 3. The number of imidazole rings is 2. The van der Waals surface area contributed by atoms with Crippen LogP contribution in [0, 0.1) is 0 Å². The summed E-state index contributed by atoms with van der Waals surface area (Å²) in [7, 11) is 3.76. The Bertz CT molecular complexity index is 914. The Labute approximate surface area is 144 Å². The molecule has 1 N–H and O–H groups in total. The fraction of sp³-hybridized carbons (Fsp3) is 0.438. The van der Waals surface area contributed by atoms with Crippen LogP contribution in [-0.2, 0) is 14.1 Å². The van der Waals surface area contributed by atoms with Gasteiger partial charge in [-0.05, 0) is 12.8 Å². The molecule has 0 spiro atoms. The highest BCUT2D eigenvalue weighted by Crippen LogP contribution is 2.24. The first-order chi connectivity index (χ1) is 12.1. The maximum Gasteiger partial charge on any atom is 0.271 e. The van der Waals surface area contributed by atoms with Gasteiger partial charge in [-0.15, -0.1) is 0 Å². The van der Waals surface area contributed by atoms with Gasteiger partial charge >= 0.3 is 0 Å². The molecule has 1 unspecified atom stereocenters. The molecule has 25 heavy (non-hydrogen) atoms. The Balaban J connectivity index is 1.51. The molecule has 4 heterocycles. The van der Waals surface area contributed by atoms with Gasteiger partial charge in [0.05, 0.1) is 12.7 Å². The van der Waals surface area contributed by atoms with Crippen LogP contribution in [0.4, 0.5) is 5.82 Å². The molecule has 130 valence electrons. The lowest BCUT2D eigenvalue weighted by atomic mass is 10.1. The SMILES string of the molecule is Cn1cnc(C(=O)NC2CCCN(c3ncnc4c3ncn4C)C2)c1. The van der Waals surface area contributed by atoms with E-state index < -0.39 is 0 Å². The highest BCUT2D eigenvalue weighted by atomic mass is 16.2. The number of carbonyl (C=O) groups is 1. The van der Waals surface area contributed by atoms with E-state index in [2.05, 4.69) is 30.2 Å². The van der Waals surface area contributed by atoms with Crippen LogP contribution in [-0.4, -0.2) is 54.1 Å². The summed E-state index contributed by atoms with van der Waals surface area (Å²) >= 11 is 0. The van der Waals surface area contributed by atoms with Crippen molar-refractivity contribution < 1.29 is 4.79 Å². The molecule has 0 aromatic carbocycles. The largest absolute Gasteiger partial charge is 0.353 e. The summed E-state index contributed by atoms with van der Waals surface area (Å²) < 4.78 is 3.64. The fourth-order valence-corrected chi connectivity index (χ4v) is 3.24. The first kappa shape index (κ1) is 15.6. The Morgan fingerprint density at radius 3 is 2.88 bits per heavy atom. The molecule has 9 nitrogen and oxygen atoms in total. The third kappa shape index (κ3) is 2.92. The Kier molecular flexibility index (Phi) is 3.83. The number of hydrogen-bond donors (Lipinski definition) is 1. The maximum atomic E-state index is 12.3. The molecule has 1 saturated heterocycles. The van der Waals surface area contributed by atoms with Gasteiger partial charge < -0.3 is 19.4 Å². The summed E-state index contributed by atoms with van der Waals surface area (Å²) in [6, 6.07) is 0.0528. The van der Waals surface area contributed by atoms with Crippen molar-refractivity contribution in [1.82, 2.24) is 34.4 Å². The predicted octanol–water partition coefficient (Wildman–Crippen LogP) is 0.496. The van der Waals surface area contributed by atoms with E-state index >= 15 is 0 Å². The summed E-state index contributed by atoms with van der Waals surface area (Å²) in [5, 5.41) is 3.08. The van der Waals surface area contributed by atoms with Gasteiger partial charge in [-0.2, -0.15) is 0 Å². The number of fused-ring (bicyclic) bond motifs is 1. The van der Waals surface area contributed by atoms with Crippen molar-refractivity contribution >= 4 is 22.9 Å². The van der Waals surface area contributed by atoms with Gasteiger partial charge in [-0.3, -0.25) is 4.79 Å². The van der Waals surface area contributed by atoms with E-state index in [-0.39, 0.29) is 11.9 Å². The summed E-state index contributed by atoms with van der Waals surface area (Å²) in [5.74, 6) is 0.681. The standard InChI is InChI=1S/C16H20N8O/c1-22-7-12(19-9-22)16(25)21-11-4-3-5-24(6-11)15-13-14(17-8-18-15)23(2)10-20-13/h7-11H,3-6H2,1-2H3,(H,21,25). The van der Waals surface area contributed by atoms with Crippen LogP contribution in [0.2, 0.25) is 0 Å².